The number of hydrogen-bond donors (Lipinski definition) is 1. The minimum Gasteiger partial charge on any atom is -0.373 e. The van der Waals surface area contributed by atoms with E-state index in [0.29, 0.717) is 5.92 Å². The predicted octanol–water partition coefficient (Wildman–Crippen LogP) is 2.99. The molecule has 1 heterocycles. The molecule has 3 rings (SSSR count). The predicted molar refractivity (Wildman–Crippen MR) is 68.9 cm³/mol. The van der Waals surface area contributed by atoms with Crippen LogP contribution in [0, 0.1) is 5.92 Å². The minimum atomic E-state index is 0.241. The van der Waals surface area contributed by atoms with E-state index < -0.39 is 0 Å². The second kappa shape index (κ2) is 4.79. The summed E-state index contributed by atoms with van der Waals surface area (Å²) in [6.07, 6.45) is 5.29. The van der Waals surface area contributed by atoms with Crippen molar-refractivity contribution in [3.05, 3.63) is 35.4 Å². The molecule has 2 heteroatoms. The van der Waals surface area contributed by atoms with E-state index in [2.05, 4.69) is 24.3 Å². The molecule has 2 N–H and O–H groups in total. The Morgan fingerprint density at radius 2 is 1.88 bits per heavy atom. The zero-order chi connectivity index (χ0) is 11.7. The highest BCUT2D eigenvalue weighted by Gasteiger charge is 2.32. The van der Waals surface area contributed by atoms with E-state index in [1.165, 1.54) is 30.4 Å². The van der Waals surface area contributed by atoms with E-state index in [9.17, 15) is 0 Å². The van der Waals surface area contributed by atoms with Gasteiger partial charge in [0.05, 0.1) is 6.10 Å². The Morgan fingerprint density at radius 3 is 2.59 bits per heavy atom. The van der Waals surface area contributed by atoms with Gasteiger partial charge in [0.15, 0.2) is 0 Å². The van der Waals surface area contributed by atoms with Crippen molar-refractivity contribution in [2.24, 2.45) is 11.7 Å². The van der Waals surface area contributed by atoms with E-state index in [0.717, 1.165) is 25.5 Å². The summed E-state index contributed by atoms with van der Waals surface area (Å²) in [6.45, 7) is 1.63. The molecule has 2 aliphatic rings. The van der Waals surface area contributed by atoms with Crippen molar-refractivity contribution in [3.63, 3.8) is 0 Å². The van der Waals surface area contributed by atoms with Crippen LogP contribution in [0.3, 0.4) is 0 Å². The molecule has 0 bridgehead atoms. The van der Waals surface area contributed by atoms with Gasteiger partial charge in [0.1, 0.15) is 0 Å². The second-order valence-corrected chi connectivity index (χ2v) is 5.33. The van der Waals surface area contributed by atoms with Crippen LogP contribution in [0.1, 0.15) is 48.8 Å². The molecule has 1 aromatic rings. The van der Waals surface area contributed by atoms with Gasteiger partial charge in [-0.3, -0.25) is 0 Å². The van der Waals surface area contributed by atoms with Crippen LogP contribution in [0.15, 0.2) is 24.3 Å². The summed E-state index contributed by atoms with van der Waals surface area (Å²) in [6, 6.07) is 8.80. The van der Waals surface area contributed by atoms with Gasteiger partial charge in [0.25, 0.3) is 0 Å². The van der Waals surface area contributed by atoms with Crippen LogP contribution in [-0.2, 0) is 4.74 Å². The summed E-state index contributed by atoms with van der Waals surface area (Å²) < 4.78 is 6.01. The largest absolute Gasteiger partial charge is 0.373 e. The first-order chi connectivity index (χ1) is 8.40. The van der Waals surface area contributed by atoms with Gasteiger partial charge in [-0.05, 0) is 49.3 Å². The molecule has 17 heavy (non-hydrogen) atoms. The Kier molecular flexibility index (Phi) is 3.17. The molecule has 1 saturated carbocycles. The van der Waals surface area contributed by atoms with Crippen LogP contribution in [0.5, 0.6) is 0 Å². The third-order valence-electron chi connectivity index (χ3n) is 4.07. The van der Waals surface area contributed by atoms with E-state index in [4.69, 9.17) is 10.5 Å². The van der Waals surface area contributed by atoms with Crippen LogP contribution in [0.25, 0.3) is 0 Å². The molecule has 0 spiro atoms. The average molecular weight is 231 g/mol. The molecule has 2 atom stereocenters. The zero-order valence-corrected chi connectivity index (χ0v) is 10.3. The van der Waals surface area contributed by atoms with E-state index in [1.54, 1.807) is 0 Å². The van der Waals surface area contributed by atoms with Crippen molar-refractivity contribution < 1.29 is 4.74 Å². The second-order valence-electron chi connectivity index (χ2n) is 5.33. The van der Waals surface area contributed by atoms with E-state index in [-0.39, 0.29) is 6.10 Å². The molecule has 0 aromatic heterocycles. The minimum absolute atomic E-state index is 0.241. The number of ether oxygens (including phenoxy) is 1. The average Bonchev–Trinajstić information content (AvgIpc) is 3.23. The van der Waals surface area contributed by atoms with Crippen molar-refractivity contribution >= 4 is 0 Å². The summed E-state index contributed by atoms with van der Waals surface area (Å²) in [5.41, 5.74) is 8.81. The molecular formula is C15H21NO. The molecule has 0 amide bonds. The summed E-state index contributed by atoms with van der Waals surface area (Å²) in [4.78, 5) is 0. The Hall–Kier alpha value is -0.860. The Bertz CT molecular complexity index is 386. The van der Waals surface area contributed by atoms with Crippen molar-refractivity contribution in [2.45, 2.75) is 37.7 Å². The van der Waals surface area contributed by atoms with Crippen LogP contribution in [0.2, 0.25) is 0 Å². The van der Waals surface area contributed by atoms with Crippen molar-refractivity contribution in [1.82, 2.24) is 0 Å². The van der Waals surface area contributed by atoms with Gasteiger partial charge in [-0.15, -0.1) is 0 Å². The molecule has 1 saturated heterocycles. The van der Waals surface area contributed by atoms with Gasteiger partial charge < -0.3 is 10.5 Å². The first kappa shape index (κ1) is 11.2. The number of rotatable bonds is 3. The van der Waals surface area contributed by atoms with E-state index >= 15 is 0 Å². The highest BCUT2D eigenvalue weighted by atomic mass is 16.5. The van der Waals surface area contributed by atoms with Crippen LogP contribution in [0.4, 0.5) is 0 Å². The third-order valence-corrected chi connectivity index (χ3v) is 4.07. The molecular weight excluding hydrogens is 210 g/mol. The Labute approximate surface area is 103 Å². The third kappa shape index (κ3) is 2.24. The lowest BCUT2D eigenvalue weighted by atomic mass is 9.86. The van der Waals surface area contributed by atoms with Gasteiger partial charge in [-0.2, -0.15) is 0 Å². The maximum Gasteiger partial charge on any atom is 0.0867 e. The monoisotopic (exact) mass is 231 g/mol. The number of benzene rings is 1. The Morgan fingerprint density at radius 1 is 1.12 bits per heavy atom. The molecule has 2 fully saturated rings. The smallest absolute Gasteiger partial charge is 0.0867 e. The SMILES string of the molecule is NCC1CCCOC1c1ccccc1C1CC1. The van der Waals surface area contributed by atoms with Crippen LogP contribution < -0.4 is 5.73 Å². The fourth-order valence-corrected chi connectivity index (χ4v) is 2.96. The highest BCUT2D eigenvalue weighted by molar-refractivity contribution is 5.35. The molecule has 92 valence electrons. The number of nitrogens with two attached hydrogens (primary N) is 1. The van der Waals surface area contributed by atoms with Crippen molar-refractivity contribution in [1.29, 1.82) is 0 Å². The standard InChI is InChI=1S/C15H21NO/c16-10-12-4-3-9-17-15(12)14-6-2-1-5-13(14)11-7-8-11/h1-2,5-6,11-12,15H,3-4,7-10,16H2. The molecule has 1 aromatic carbocycles. The Balaban J connectivity index is 1.90. The lowest BCUT2D eigenvalue weighted by Gasteiger charge is -2.32. The molecule has 0 radical (unpaired) electrons. The normalized spacial score (nSPS) is 29.2. The highest BCUT2D eigenvalue weighted by Crippen LogP contribution is 2.45. The molecule has 1 aliphatic carbocycles. The van der Waals surface area contributed by atoms with Crippen molar-refractivity contribution in [3.8, 4) is 0 Å². The molecule has 1 aliphatic heterocycles. The maximum absolute atomic E-state index is 6.01. The fraction of sp³-hybridized carbons (Fsp3) is 0.600. The summed E-state index contributed by atoms with van der Waals surface area (Å²) in [5.74, 6) is 1.29. The zero-order valence-electron chi connectivity index (χ0n) is 10.3. The quantitative estimate of drug-likeness (QED) is 0.868. The van der Waals surface area contributed by atoms with Gasteiger partial charge in [0, 0.05) is 12.5 Å². The van der Waals surface area contributed by atoms with Crippen molar-refractivity contribution in [2.75, 3.05) is 13.2 Å². The first-order valence-corrected chi connectivity index (χ1v) is 6.80. The van der Waals surface area contributed by atoms with Gasteiger partial charge in [-0.1, -0.05) is 24.3 Å². The topological polar surface area (TPSA) is 35.2 Å². The fourth-order valence-electron chi connectivity index (χ4n) is 2.96. The summed E-state index contributed by atoms with van der Waals surface area (Å²) >= 11 is 0. The first-order valence-electron chi connectivity index (χ1n) is 6.80. The van der Waals surface area contributed by atoms with Gasteiger partial charge in [0.2, 0.25) is 0 Å². The van der Waals surface area contributed by atoms with Gasteiger partial charge in [-0.25, -0.2) is 0 Å². The lowest BCUT2D eigenvalue weighted by Crippen LogP contribution is -2.29. The summed E-state index contributed by atoms with van der Waals surface area (Å²) in [7, 11) is 0. The lowest BCUT2D eigenvalue weighted by molar-refractivity contribution is -0.0256. The molecule has 2 unspecified atom stereocenters. The number of hydrogen-bond acceptors (Lipinski definition) is 2. The summed E-state index contributed by atoms with van der Waals surface area (Å²) in [5, 5.41) is 0. The molecule has 2 nitrogen and oxygen atoms in total. The van der Waals surface area contributed by atoms with Gasteiger partial charge >= 0.3 is 0 Å². The van der Waals surface area contributed by atoms with E-state index in [1.807, 2.05) is 0 Å². The van der Waals surface area contributed by atoms with Crippen LogP contribution >= 0.6 is 0 Å². The maximum atomic E-state index is 6.01. The van der Waals surface area contributed by atoms with Crippen LogP contribution in [-0.4, -0.2) is 13.2 Å².